The highest BCUT2D eigenvalue weighted by atomic mass is 19.4. The van der Waals surface area contributed by atoms with Gasteiger partial charge in [-0.2, -0.15) is 18.3 Å². The average molecular weight is 481 g/mol. The van der Waals surface area contributed by atoms with Gasteiger partial charge in [-0.1, -0.05) is 42.5 Å². The van der Waals surface area contributed by atoms with Crippen LogP contribution in [-0.4, -0.2) is 25.8 Å². The van der Waals surface area contributed by atoms with Crippen LogP contribution in [0.3, 0.4) is 0 Å². The number of carboxylic acids is 1. The van der Waals surface area contributed by atoms with Crippen LogP contribution in [0.1, 0.15) is 34.9 Å². The van der Waals surface area contributed by atoms with Crippen molar-refractivity contribution in [3.05, 3.63) is 102 Å². The van der Waals surface area contributed by atoms with Crippen LogP contribution in [0.25, 0.3) is 11.1 Å². The number of hydrogen-bond acceptors (Lipinski definition) is 4. The summed E-state index contributed by atoms with van der Waals surface area (Å²) < 4.78 is 45.9. The van der Waals surface area contributed by atoms with Crippen LogP contribution in [-0.2, 0) is 24.6 Å². The van der Waals surface area contributed by atoms with Crippen molar-refractivity contribution in [2.45, 2.75) is 25.1 Å². The lowest BCUT2D eigenvalue weighted by Crippen LogP contribution is -2.13. The molecule has 9 heteroatoms. The number of carboxylic acid groups (broad SMARTS) is 1. The van der Waals surface area contributed by atoms with Crippen molar-refractivity contribution >= 4 is 5.97 Å². The van der Waals surface area contributed by atoms with E-state index in [4.69, 9.17) is 4.74 Å². The van der Waals surface area contributed by atoms with E-state index in [1.807, 2.05) is 24.3 Å². The van der Waals surface area contributed by atoms with E-state index in [0.29, 0.717) is 17.1 Å². The van der Waals surface area contributed by atoms with Crippen molar-refractivity contribution in [1.29, 1.82) is 0 Å². The van der Waals surface area contributed by atoms with E-state index < -0.39 is 23.6 Å². The third kappa shape index (κ3) is 5.87. The molecule has 1 unspecified atom stereocenters. The minimum absolute atomic E-state index is 0.122. The van der Waals surface area contributed by atoms with Crippen molar-refractivity contribution in [3.8, 4) is 16.9 Å². The van der Waals surface area contributed by atoms with Crippen molar-refractivity contribution in [3.63, 3.8) is 0 Å². The average Bonchev–Trinajstić information content (AvgIpc) is 3.27. The summed E-state index contributed by atoms with van der Waals surface area (Å²) in [5.41, 5.74) is 2.41. The van der Waals surface area contributed by atoms with E-state index >= 15 is 0 Å². The fourth-order valence-corrected chi connectivity index (χ4v) is 3.81. The zero-order valence-corrected chi connectivity index (χ0v) is 18.7. The number of alkyl halides is 3. The molecule has 0 saturated heterocycles. The van der Waals surface area contributed by atoms with Crippen LogP contribution < -0.4 is 4.74 Å². The molecule has 180 valence electrons. The van der Waals surface area contributed by atoms with Crippen molar-refractivity contribution in [2.75, 3.05) is 0 Å². The summed E-state index contributed by atoms with van der Waals surface area (Å²) in [6, 6.07) is 19.6. The van der Waals surface area contributed by atoms with Gasteiger partial charge in [-0.3, -0.25) is 9.48 Å². The maximum atomic E-state index is 12.8. The van der Waals surface area contributed by atoms with Gasteiger partial charge in [0.2, 0.25) is 0 Å². The second kappa shape index (κ2) is 10.0. The summed E-state index contributed by atoms with van der Waals surface area (Å²) in [5.74, 6) is -0.234. The lowest BCUT2D eigenvalue weighted by molar-refractivity contribution is -0.138. The smallest absolute Gasteiger partial charge is 0.416 e. The molecule has 0 fully saturated rings. The minimum Gasteiger partial charge on any atom is -0.489 e. The summed E-state index contributed by atoms with van der Waals surface area (Å²) in [7, 11) is 1.72. The van der Waals surface area contributed by atoms with Gasteiger partial charge in [-0.15, -0.1) is 0 Å². The highest BCUT2D eigenvalue weighted by Crippen LogP contribution is 2.31. The van der Waals surface area contributed by atoms with Crippen LogP contribution in [0.5, 0.6) is 5.75 Å². The van der Waals surface area contributed by atoms with E-state index in [9.17, 15) is 23.1 Å². The third-order valence-corrected chi connectivity index (χ3v) is 5.60. The highest BCUT2D eigenvalue weighted by molar-refractivity contribution is 5.68. The van der Waals surface area contributed by atoms with Crippen molar-refractivity contribution in [1.82, 2.24) is 14.8 Å². The molecule has 0 saturated carbocycles. The molecule has 0 aliphatic carbocycles. The number of aliphatic carboxylic acids is 1. The lowest BCUT2D eigenvalue weighted by Gasteiger charge is -2.15. The second-order valence-corrected chi connectivity index (χ2v) is 8.03. The van der Waals surface area contributed by atoms with Gasteiger partial charge in [0.05, 0.1) is 17.9 Å². The number of rotatable bonds is 8. The van der Waals surface area contributed by atoms with Crippen LogP contribution in [0.4, 0.5) is 13.2 Å². The first-order valence-electron chi connectivity index (χ1n) is 10.8. The van der Waals surface area contributed by atoms with Gasteiger partial charge >= 0.3 is 12.1 Å². The predicted molar refractivity (Wildman–Crippen MR) is 123 cm³/mol. The number of aryl methyl sites for hydroxylation is 1. The fourth-order valence-electron chi connectivity index (χ4n) is 3.81. The molecule has 1 aromatic heterocycles. The minimum atomic E-state index is -4.37. The first-order valence-corrected chi connectivity index (χ1v) is 10.8. The maximum Gasteiger partial charge on any atom is 0.416 e. The van der Waals surface area contributed by atoms with E-state index in [0.717, 1.165) is 28.8 Å². The molecule has 6 nitrogen and oxygen atoms in total. The SMILES string of the molecule is Cn1ncnc1C(CC(=O)O)c1ccc(OCc2cccc(-c3ccc(C(F)(F)F)cc3)c2)cc1. The molecule has 0 aliphatic rings. The quantitative estimate of drug-likeness (QED) is 0.350. The Morgan fingerprint density at radius 1 is 1.03 bits per heavy atom. The van der Waals surface area contributed by atoms with Gasteiger partial charge in [0.1, 0.15) is 24.5 Å². The molecule has 0 aliphatic heterocycles. The third-order valence-electron chi connectivity index (χ3n) is 5.60. The Kier molecular flexibility index (Phi) is 6.86. The molecule has 1 N–H and O–H groups in total. The Bertz CT molecular complexity index is 1300. The van der Waals surface area contributed by atoms with E-state index in [1.165, 1.54) is 18.5 Å². The highest BCUT2D eigenvalue weighted by Gasteiger charge is 2.30. The molecular weight excluding hydrogens is 459 g/mol. The maximum absolute atomic E-state index is 12.8. The first kappa shape index (κ1) is 24.0. The number of hydrogen-bond donors (Lipinski definition) is 1. The molecule has 4 aromatic rings. The first-order chi connectivity index (χ1) is 16.7. The molecule has 1 atom stereocenters. The van der Waals surface area contributed by atoms with Gasteiger partial charge in [0.15, 0.2) is 0 Å². The number of aromatic nitrogens is 3. The summed E-state index contributed by atoms with van der Waals surface area (Å²) in [6.07, 6.45) is -3.10. The second-order valence-electron chi connectivity index (χ2n) is 8.03. The summed E-state index contributed by atoms with van der Waals surface area (Å²) >= 11 is 0. The molecule has 0 spiro atoms. The summed E-state index contributed by atoms with van der Waals surface area (Å²) in [4.78, 5) is 15.6. The zero-order chi connectivity index (χ0) is 25.0. The standard InChI is InChI=1S/C26H22F3N3O3/c1-32-25(30-16-31-32)23(14-24(33)34)19-7-11-22(12-8-19)35-15-17-3-2-4-20(13-17)18-5-9-21(10-6-18)26(27,28)29/h2-13,16,23H,14-15H2,1H3,(H,33,34). The molecule has 3 aromatic carbocycles. The Hall–Kier alpha value is -4.14. The van der Waals surface area contributed by atoms with Gasteiger partial charge in [0, 0.05) is 7.05 Å². The van der Waals surface area contributed by atoms with Crippen LogP contribution in [0.15, 0.2) is 79.1 Å². The monoisotopic (exact) mass is 481 g/mol. The van der Waals surface area contributed by atoms with Gasteiger partial charge in [-0.05, 0) is 52.6 Å². The number of benzene rings is 3. The van der Waals surface area contributed by atoms with E-state index in [1.54, 1.807) is 36.0 Å². The van der Waals surface area contributed by atoms with Gasteiger partial charge in [-0.25, -0.2) is 4.98 Å². The van der Waals surface area contributed by atoms with Crippen LogP contribution in [0, 0.1) is 0 Å². The molecule has 35 heavy (non-hydrogen) atoms. The number of halogens is 3. The molecular formula is C26H22F3N3O3. The number of nitrogens with zero attached hydrogens (tertiary/aromatic N) is 3. The summed E-state index contributed by atoms with van der Waals surface area (Å²) in [5, 5.41) is 13.4. The molecule has 1 heterocycles. The van der Waals surface area contributed by atoms with Gasteiger partial charge < -0.3 is 9.84 Å². The Labute approximate surface area is 199 Å². The Morgan fingerprint density at radius 2 is 1.74 bits per heavy atom. The predicted octanol–water partition coefficient (Wildman–Crippen LogP) is 5.69. The lowest BCUT2D eigenvalue weighted by atomic mass is 9.95. The number of carbonyl (C=O) groups is 1. The topological polar surface area (TPSA) is 77.2 Å². The Balaban J connectivity index is 1.45. The largest absolute Gasteiger partial charge is 0.489 e. The number of ether oxygens (including phenoxy) is 1. The normalized spacial score (nSPS) is 12.3. The van der Waals surface area contributed by atoms with Crippen LogP contribution >= 0.6 is 0 Å². The van der Waals surface area contributed by atoms with Crippen LogP contribution in [0.2, 0.25) is 0 Å². The molecule has 0 amide bonds. The fraction of sp³-hybridized carbons (Fsp3) is 0.192. The Morgan fingerprint density at radius 3 is 2.34 bits per heavy atom. The van der Waals surface area contributed by atoms with E-state index in [-0.39, 0.29) is 13.0 Å². The zero-order valence-electron chi connectivity index (χ0n) is 18.7. The van der Waals surface area contributed by atoms with Gasteiger partial charge in [0.25, 0.3) is 0 Å². The summed E-state index contributed by atoms with van der Waals surface area (Å²) in [6.45, 7) is 0.260. The van der Waals surface area contributed by atoms with E-state index in [2.05, 4.69) is 10.1 Å². The molecule has 4 rings (SSSR count). The van der Waals surface area contributed by atoms with Crippen molar-refractivity contribution in [2.24, 2.45) is 7.05 Å². The molecule has 0 bridgehead atoms. The molecule has 0 radical (unpaired) electrons. The van der Waals surface area contributed by atoms with Crippen molar-refractivity contribution < 1.29 is 27.8 Å².